The van der Waals surface area contributed by atoms with Crippen molar-refractivity contribution in [2.75, 3.05) is 39.6 Å². The fraction of sp³-hybridized carbons (Fsp3) is 0.343. The van der Waals surface area contributed by atoms with Crippen LogP contribution in [-0.4, -0.2) is 63.2 Å². The Labute approximate surface area is 262 Å². The van der Waals surface area contributed by atoms with Crippen molar-refractivity contribution in [3.63, 3.8) is 0 Å². The molecule has 3 aromatic rings. The molecule has 0 saturated carbocycles. The summed E-state index contributed by atoms with van der Waals surface area (Å²) in [4.78, 5) is 36.2. The first-order valence-corrected chi connectivity index (χ1v) is 14.8. The third-order valence-corrected chi connectivity index (χ3v) is 6.72. The van der Waals surface area contributed by atoms with Gasteiger partial charge in [0, 0.05) is 12.7 Å². The Balaban J connectivity index is 1.13. The number of rotatable bonds is 18. The predicted octanol–water partition coefficient (Wildman–Crippen LogP) is 5.98. The van der Waals surface area contributed by atoms with E-state index in [0.717, 1.165) is 18.9 Å². The van der Waals surface area contributed by atoms with E-state index in [0.29, 0.717) is 86.6 Å². The molecule has 0 radical (unpaired) electrons. The first-order valence-electron chi connectivity index (χ1n) is 14.8. The number of benzene rings is 3. The molecule has 1 heterocycles. The number of hydrogen-bond acceptors (Lipinski definition) is 10. The highest BCUT2D eigenvalue weighted by atomic mass is 16.6. The number of unbranched alkanes of at least 4 members (excludes halogenated alkanes) is 2. The van der Waals surface area contributed by atoms with E-state index >= 15 is 0 Å². The second kappa shape index (κ2) is 17.0. The molecule has 1 saturated heterocycles. The van der Waals surface area contributed by atoms with Crippen molar-refractivity contribution in [2.45, 2.75) is 38.2 Å². The Hall–Kier alpha value is -4.67. The van der Waals surface area contributed by atoms with Crippen LogP contribution < -0.4 is 18.9 Å². The summed E-state index contributed by atoms with van der Waals surface area (Å²) in [7, 11) is 0. The first kappa shape index (κ1) is 33.2. The van der Waals surface area contributed by atoms with Gasteiger partial charge in [-0.05, 0) is 105 Å². The highest BCUT2D eigenvalue weighted by Gasteiger charge is 2.33. The van der Waals surface area contributed by atoms with E-state index in [4.69, 9.17) is 33.2 Å². The van der Waals surface area contributed by atoms with E-state index in [9.17, 15) is 14.4 Å². The average molecular weight is 619 g/mol. The van der Waals surface area contributed by atoms with Crippen LogP contribution in [0.3, 0.4) is 0 Å². The number of carbonyl (C=O) groups excluding carboxylic acids is 3. The van der Waals surface area contributed by atoms with Crippen molar-refractivity contribution in [1.29, 1.82) is 0 Å². The zero-order valence-electron chi connectivity index (χ0n) is 25.4. The lowest BCUT2D eigenvalue weighted by atomic mass is 10.1. The summed E-state index contributed by atoms with van der Waals surface area (Å²) < 4.78 is 38.2. The smallest absolute Gasteiger partial charge is 0.343 e. The Morgan fingerprint density at radius 3 is 1.51 bits per heavy atom. The van der Waals surface area contributed by atoms with Crippen molar-refractivity contribution < 1.29 is 47.5 Å². The third kappa shape index (κ3) is 11.1. The summed E-state index contributed by atoms with van der Waals surface area (Å²) in [5, 5.41) is 0. The van der Waals surface area contributed by atoms with Crippen LogP contribution in [0.25, 0.3) is 0 Å². The molecule has 0 amide bonds. The van der Waals surface area contributed by atoms with Gasteiger partial charge in [-0.3, -0.25) is 0 Å². The van der Waals surface area contributed by atoms with Crippen LogP contribution in [0.2, 0.25) is 0 Å². The molecular weight excluding hydrogens is 580 g/mol. The van der Waals surface area contributed by atoms with Crippen LogP contribution >= 0.6 is 0 Å². The normalized spacial score (nSPS) is 13.2. The second-order valence-corrected chi connectivity index (χ2v) is 10.6. The van der Waals surface area contributed by atoms with E-state index in [1.807, 2.05) is 6.92 Å². The van der Waals surface area contributed by atoms with Crippen LogP contribution in [0, 0.1) is 0 Å². The van der Waals surface area contributed by atoms with Crippen LogP contribution in [0.4, 0.5) is 0 Å². The maximum Gasteiger partial charge on any atom is 0.343 e. The van der Waals surface area contributed by atoms with Gasteiger partial charge in [-0.2, -0.15) is 0 Å². The Kier molecular flexibility index (Phi) is 12.5. The summed E-state index contributed by atoms with van der Waals surface area (Å²) in [6.45, 7) is 8.66. The molecule has 10 heteroatoms. The Bertz CT molecular complexity index is 1390. The molecule has 1 fully saturated rings. The van der Waals surface area contributed by atoms with Crippen LogP contribution in [0.5, 0.6) is 23.0 Å². The van der Waals surface area contributed by atoms with Crippen molar-refractivity contribution in [3.05, 3.63) is 96.6 Å². The van der Waals surface area contributed by atoms with Crippen LogP contribution in [0.1, 0.15) is 53.3 Å². The number of carbonyl (C=O) groups is 3. The summed E-state index contributed by atoms with van der Waals surface area (Å²) in [6, 6.07) is 19.5. The molecule has 0 atom stereocenters. The largest absolute Gasteiger partial charge is 0.494 e. The van der Waals surface area contributed by atoms with Crippen molar-refractivity contribution in [2.24, 2.45) is 0 Å². The van der Waals surface area contributed by atoms with Gasteiger partial charge in [0.1, 0.15) is 28.6 Å². The van der Waals surface area contributed by atoms with E-state index in [1.165, 1.54) is 0 Å². The zero-order chi connectivity index (χ0) is 31.9. The van der Waals surface area contributed by atoms with Gasteiger partial charge in [0.05, 0.1) is 44.2 Å². The predicted molar refractivity (Wildman–Crippen MR) is 165 cm³/mol. The van der Waals surface area contributed by atoms with Crippen molar-refractivity contribution in [3.8, 4) is 23.0 Å². The standard InChI is InChI=1S/C35H38O10/c1-3-32(36)42-22-5-4-20-40-28-12-8-26(9-13-28)33(37)44-30-16-18-31(19-17-30)45-34(38)27-10-14-29(15-11-27)41-21-6-7-23-43-35(2)24-39-25-35/h3,8-19H,1,4-7,20-25H2,2H3. The van der Waals surface area contributed by atoms with Crippen molar-refractivity contribution >= 4 is 17.9 Å². The van der Waals surface area contributed by atoms with Gasteiger partial charge in [-0.25, -0.2) is 14.4 Å². The minimum atomic E-state index is -0.538. The van der Waals surface area contributed by atoms with Gasteiger partial charge in [0.15, 0.2) is 0 Å². The number of hydrogen-bond donors (Lipinski definition) is 0. The molecule has 238 valence electrons. The van der Waals surface area contributed by atoms with E-state index in [-0.39, 0.29) is 5.60 Å². The summed E-state index contributed by atoms with van der Waals surface area (Å²) >= 11 is 0. The topological polar surface area (TPSA) is 116 Å². The lowest BCUT2D eigenvalue weighted by Crippen LogP contribution is -2.49. The van der Waals surface area contributed by atoms with E-state index in [2.05, 4.69) is 6.58 Å². The molecule has 10 nitrogen and oxygen atoms in total. The average Bonchev–Trinajstić information content (AvgIpc) is 3.04. The van der Waals surface area contributed by atoms with Crippen molar-refractivity contribution in [1.82, 2.24) is 0 Å². The molecule has 1 aliphatic heterocycles. The molecule has 45 heavy (non-hydrogen) atoms. The molecule has 0 bridgehead atoms. The van der Waals surface area contributed by atoms with E-state index in [1.54, 1.807) is 72.8 Å². The molecule has 0 aromatic heterocycles. The molecule has 0 spiro atoms. The van der Waals surface area contributed by atoms with Gasteiger partial charge < -0.3 is 33.2 Å². The van der Waals surface area contributed by atoms with Gasteiger partial charge in [-0.15, -0.1) is 0 Å². The van der Waals surface area contributed by atoms with Crippen LogP contribution in [-0.2, 0) is 19.0 Å². The fourth-order valence-electron chi connectivity index (χ4n) is 4.09. The fourth-order valence-corrected chi connectivity index (χ4v) is 4.09. The Morgan fingerprint density at radius 2 is 1.09 bits per heavy atom. The van der Waals surface area contributed by atoms with Gasteiger partial charge in [0.25, 0.3) is 0 Å². The summed E-state index contributed by atoms with van der Waals surface area (Å²) in [5.74, 6) is 0.386. The second-order valence-electron chi connectivity index (χ2n) is 10.6. The monoisotopic (exact) mass is 618 g/mol. The lowest BCUT2D eigenvalue weighted by molar-refractivity contribution is -0.199. The third-order valence-electron chi connectivity index (χ3n) is 6.72. The minimum Gasteiger partial charge on any atom is -0.494 e. The number of esters is 3. The molecule has 3 aromatic carbocycles. The highest BCUT2D eigenvalue weighted by molar-refractivity contribution is 5.92. The lowest BCUT2D eigenvalue weighted by Gasteiger charge is -2.37. The van der Waals surface area contributed by atoms with Crippen LogP contribution in [0.15, 0.2) is 85.5 Å². The summed E-state index contributed by atoms with van der Waals surface area (Å²) in [6.07, 6.45) is 4.24. The molecular formula is C35H38O10. The van der Waals surface area contributed by atoms with Gasteiger partial charge >= 0.3 is 17.9 Å². The van der Waals surface area contributed by atoms with Gasteiger partial charge in [-0.1, -0.05) is 6.58 Å². The minimum absolute atomic E-state index is 0.139. The highest BCUT2D eigenvalue weighted by Crippen LogP contribution is 2.23. The van der Waals surface area contributed by atoms with Gasteiger partial charge in [0.2, 0.25) is 0 Å². The number of ether oxygens (including phenoxy) is 7. The molecule has 0 unspecified atom stereocenters. The van der Waals surface area contributed by atoms with E-state index < -0.39 is 17.9 Å². The molecule has 1 aliphatic rings. The molecule has 4 rings (SSSR count). The molecule has 0 N–H and O–H groups in total. The molecule has 0 aliphatic carbocycles. The zero-order valence-corrected chi connectivity index (χ0v) is 25.4. The summed E-state index contributed by atoms with van der Waals surface area (Å²) in [5.41, 5.74) is 0.591. The SMILES string of the molecule is C=CC(=O)OCCCCOc1ccc(C(=O)Oc2ccc(OC(=O)c3ccc(OCCCCOC4(C)COC4)cc3)cc2)cc1. The quantitative estimate of drug-likeness (QED) is 0.0730. The first-order chi connectivity index (χ1) is 21.8. The Morgan fingerprint density at radius 1 is 0.667 bits per heavy atom. The maximum absolute atomic E-state index is 12.6. The maximum atomic E-state index is 12.6.